The Morgan fingerprint density at radius 3 is 2.62 bits per heavy atom. The van der Waals surface area contributed by atoms with E-state index in [4.69, 9.17) is 0 Å². The second-order valence-electron chi connectivity index (χ2n) is 7.53. The quantitative estimate of drug-likeness (QED) is 0.626. The van der Waals surface area contributed by atoms with Crippen LogP contribution in [-0.2, 0) is 16.0 Å². The Labute approximate surface area is 185 Å². The molecule has 2 N–H and O–H groups in total. The van der Waals surface area contributed by atoms with Crippen molar-refractivity contribution in [1.29, 1.82) is 0 Å². The number of Topliss-reactive ketones (excluding diaryl/α,β-unsaturated/α-hetero) is 1. The van der Waals surface area contributed by atoms with E-state index in [9.17, 15) is 14.4 Å². The molecule has 0 saturated carbocycles. The monoisotopic (exact) mass is 429 g/mol. The summed E-state index contributed by atoms with van der Waals surface area (Å²) >= 11 is 0. The van der Waals surface area contributed by atoms with Gasteiger partial charge in [0.1, 0.15) is 17.6 Å². The molecule has 1 amide bonds. The maximum Gasteiger partial charge on any atom is 0.271 e. The minimum atomic E-state index is -0.518. The van der Waals surface area contributed by atoms with E-state index in [0.29, 0.717) is 29.2 Å². The zero-order valence-corrected chi connectivity index (χ0v) is 17.8. The lowest BCUT2D eigenvalue weighted by atomic mass is 10.1. The Morgan fingerprint density at radius 2 is 1.91 bits per heavy atom. The van der Waals surface area contributed by atoms with Gasteiger partial charge in [-0.1, -0.05) is 37.3 Å². The number of anilines is 2. The molecule has 1 aromatic heterocycles. The highest BCUT2D eigenvalue weighted by Crippen LogP contribution is 2.26. The normalized spacial score (nSPS) is 15.4. The molecule has 1 aliphatic heterocycles. The second-order valence-corrected chi connectivity index (χ2v) is 7.53. The highest BCUT2D eigenvalue weighted by Gasteiger charge is 2.34. The molecule has 0 radical (unpaired) electrons. The number of nitrogens with zero attached hydrogens (tertiary/aromatic N) is 3. The molecule has 3 aromatic rings. The summed E-state index contributed by atoms with van der Waals surface area (Å²) in [5.74, 6) is -0.000574. The van der Waals surface area contributed by atoms with Crippen molar-refractivity contribution in [3.63, 3.8) is 0 Å². The number of amides is 1. The number of carbonyl (C=O) groups excluding carboxylic acids is 2. The van der Waals surface area contributed by atoms with Crippen molar-refractivity contribution in [3.05, 3.63) is 76.7 Å². The smallest absolute Gasteiger partial charge is 0.271 e. The minimum Gasteiger partial charge on any atom is -0.321 e. The van der Waals surface area contributed by atoms with Crippen molar-refractivity contribution in [3.8, 4) is 11.4 Å². The van der Waals surface area contributed by atoms with Gasteiger partial charge in [0.15, 0.2) is 5.78 Å². The van der Waals surface area contributed by atoms with Crippen molar-refractivity contribution >= 4 is 28.8 Å². The predicted octanol–water partition coefficient (Wildman–Crippen LogP) is 3.16. The molecule has 0 aliphatic carbocycles. The van der Waals surface area contributed by atoms with Gasteiger partial charge in [-0.3, -0.25) is 19.4 Å². The summed E-state index contributed by atoms with van der Waals surface area (Å²) < 4.78 is 0. The van der Waals surface area contributed by atoms with E-state index >= 15 is 0 Å². The SMILES string of the molecule is CCc1cc(=O)[nH]c(-c2cccc(NC(=O)C3=NN(c4ccccc4)C(C(C)=O)C3)c2)n1. The van der Waals surface area contributed by atoms with E-state index < -0.39 is 6.04 Å². The van der Waals surface area contributed by atoms with Gasteiger partial charge in [0.2, 0.25) is 0 Å². The van der Waals surface area contributed by atoms with E-state index in [1.54, 1.807) is 23.2 Å². The van der Waals surface area contributed by atoms with Crippen LogP contribution in [0, 0.1) is 0 Å². The van der Waals surface area contributed by atoms with Gasteiger partial charge in [-0.15, -0.1) is 0 Å². The zero-order valence-electron chi connectivity index (χ0n) is 17.8. The Balaban J connectivity index is 1.57. The van der Waals surface area contributed by atoms with Crippen molar-refractivity contribution in [2.24, 2.45) is 5.10 Å². The van der Waals surface area contributed by atoms with Crippen molar-refractivity contribution in [1.82, 2.24) is 9.97 Å². The number of H-pyrrole nitrogens is 1. The third-order valence-corrected chi connectivity index (χ3v) is 5.21. The lowest BCUT2D eigenvalue weighted by molar-refractivity contribution is -0.118. The fraction of sp³-hybridized carbons (Fsp3) is 0.208. The molecule has 162 valence electrons. The first-order valence-electron chi connectivity index (χ1n) is 10.4. The van der Waals surface area contributed by atoms with Gasteiger partial charge in [-0.25, -0.2) is 4.98 Å². The van der Waals surface area contributed by atoms with Crippen LogP contribution in [0.4, 0.5) is 11.4 Å². The van der Waals surface area contributed by atoms with Gasteiger partial charge in [-0.2, -0.15) is 5.10 Å². The molecule has 0 saturated heterocycles. The number of para-hydroxylation sites is 1. The lowest BCUT2D eigenvalue weighted by Crippen LogP contribution is -2.33. The molecule has 0 spiro atoms. The Bertz CT molecular complexity index is 1250. The van der Waals surface area contributed by atoms with Crippen molar-refractivity contribution in [2.75, 3.05) is 10.3 Å². The fourth-order valence-electron chi connectivity index (χ4n) is 3.56. The molecule has 2 aromatic carbocycles. The lowest BCUT2D eigenvalue weighted by Gasteiger charge is -2.20. The number of aromatic amines is 1. The van der Waals surface area contributed by atoms with Gasteiger partial charge in [-0.05, 0) is 37.6 Å². The molecule has 8 heteroatoms. The Hall–Kier alpha value is -4.07. The first kappa shape index (κ1) is 21.2. The molecule has 1 aliphatic rings. The van der Waals surface area contributed by atoms with E-state index in [0.717, 1.165) is 5.69 Å². The number of carbonyl (C=O) groups is 2. The highest BCUT2D eigenvalue weighted by molar-refractivity contribution is 6.44. The van der Waals surface area contributed by atoms with Crippen LogP contribution >= 0.6 is 0 Å². The molecule has 1 unspecified atom stereocenters. The van der Waals surface area contributed by atoms with Crippen LogP contribution in [0.1, 0.15) is 26.0 Å². The van der Waals surface area contributed by atoms with Gasteiger partial charge >= 0.3 is 0 Å². The third-order valence-electron chi connectivity index (χ3n) is 5.21. The third kappa shape index (κ3) is 4.49. The average Bonchev–Trinajstić information content (AvgIpc) is 3.26. The van der Waals surface area contributed by atoms with E-state index in [1.165, 1.54) is 13.0 Å². The van der Waals surface area contributed by atoms with E-state index in [1.807, 2.05) is 43.3 Å². The number of nitrogens with one attached hydrogen (secondary N) is 2. The molecule has 1 atom stereocenters. The van der Waals surface area contributed by atoms with Crippen LogP contribution < -0.4 is 15.9 Å². The Kier molecular flexibility index (Phi) is 5.93. The van der Waals surface area contributed by atoms with Gasteiger partial charge in [0, 0.05) is 29.4 Å². The summed E-state index contributed by atoms with van der Waals surface area (Å²) in [4.78, 5) is 44.1. The van der Waals surface area contributed by atoms with E-state index in [-0.39, 0.29) is 29.4 Å². The van der Waals surface area contributed by atoms with Gasteiger partial charge in [0.25, 0.3) is 11.5 Å². The van der Waals surface area contributed by atoms with Crippen LogP contribution in [0.25, 0.3) is 11.4 Å². The number of aryl methyl sites for hydroxylation is 1. The number of hydrogen-bond acceptors (Lipinski definition) is 6. The van der Waals surface area contributed by atoms with E-state index in [2.05, 4.69) is 20.4 Å². The molecular formula is C24H23N5O3. The molecule has 4 rings (SSSR count). The minimum absolute atomic E-state index is 0.0618. The number of ketones is 1. The first-order valence-corrected chi connectivity index (χ1v) is 10.4. The summed E-state index contributed by atoms with van der Waals surface area (Å²) in [6.07, 6.45) is 0.867. The predicted molar refractivity (Wildman–Crippen MR) is 124 cm³/mol. The summed E-state index contributed by atoms with van der Waals surface area (Å²) in [5.41, 5.74) is 2.71. The van der Waals surface area contributed by atoms with Gasteiger partial charge in [0.05, 0.1) is 5.69 Å². The van der Waals surface area contributed by atoms with Crippen LogP contribution in [0.5, 0.6) is 0 Å². The summed E-state index contributed by atoms with van der Waals surface area (Å²) in [6, 6.07) is 17.3. The topological polar surface area (TPSA) is 108 Å². The van der Waals surface area contributed by atoms with Crippen molar-refractivity contribution < 1.29 is 9.59 Å². The zero-order chi connectivity index (χ0) is 22.7. The largest absolute Gasteiger partial charge is 0.321 e. The number of benzene rings is 2. The molecule has 8 nitrogen and oxygen atoms in total. The standard InChI is InChI=1S/C24H23N5O3/c1-3-17-13-22(31)27-23(25-17)16-8-7-9-18(12-16)26-24(32)20-14-21(15(2)30)29(28-20)19-10-5-4-6-11-19/h4-13,21H,3,14H2,1-2H3,(H,26,32)(H,25,27,31). The van der Waals surface area contributed by atoms with Crippen LogP contribution in [0.3, 0.4) is 0 Å². The maximum atomic E-state index is 12.9. The van der Waals surface area contributed by atoms with Crippen LogP contribution in [-0.4, -0.2) is 33.4 Å². The van der Waals surface area contributed by atoms with Crippen LogP contribution in [0.2, 0.25) is 0 Å². The maximum absolute atomic E-state index is 12.9. The van der Waals surface area contributed by atoms with Crippen LogP contribution in [0.15, 0.2) is 70.6 Å². The Morgan fingerprint density at radius 1 is 1.12 bits per heavy atom. The average molecular weight is 429 g/mol. The summed E-state index contributed by atoms with van der Waals surface area (Å²) in [7, 11) is 0. The molecule has 32 heavy (non-hydrogen) atoms. The molecule has 0 fully saturated rings. The number of rotatable bonds is 6. The van der Waals surface area contributed by atoms with Gasteiger partial charge < -0.3 is 10.3 Å². The van der Waals surface area contributed by atoms with Crippen molar-refractivity contribution in [2.45, 2.75) is 32.7 Å². The first-order chi connectivity index (χ1) is 15.4. The fourth-order valence-corrected chi connectivity index (χ4v) is 3.56. The molecule has 2 heterocycles. The summed E-state index contributed by atoms with van der Waals surface area (Å²) in [6.45, 7) is 3.43. The highest BCUT2D eigenvalue weighted by atomic mass is 16.2. The number of aromatic nitrogens is 2. The number of hydrogen-bond donors (Lipinski definition) is 2. The molecule has 0 bridgehead atoms. The summed E-state index contributed by atoms with van der Waals surface area (Å²) in [5, 5.41) is 8.87. The number of hydrazone groups is 1. The second kappa shape index (κ2) is 8.97. The molecular weight excluding hydrogens is 406 g/mol.